The quantitative estimate of drug-likeness (QED) is 0.891. The Balaban J connectivity index is 1.71. The average Bonchev–Trinajstić information content (AvgIpc) is 3.09. The number of nitrogens with zero attached hydrogens (tertiary/aromatic N) is 2. The van der Waals surface area contributed by atoms with E-state index in [4.69, 9.17) is 0 Å². The first-order valence-corrected chi connectivity index (χ1v) is 9.52. The molecule has 1 aliphatic rings. The van der Waals surface area contributed by atoms with Gasteiger partial charge in [0.2, 0.25) is 0 Å². The number of thiazole rings is 1. The molecular formula is C16H19N3O2S2. The number of hydrogen-bond acceptors (Lipinski definition) is 5. The lowest BCUT2D eigenvalue weighted by molar-refractivity contribution is 0.179. The summed E-state index contributed by atoms with van der Waals surface area (Å²) in [4.78, 5) is 18.9. The molecule has 0 saturated carbocycles. The number of benzene rings is 1. The van der Waals surface area contributed by atoms with Gasteiger partial charge in [0.05, 0.1) is 12.1 Å². The maximum absolute atomic E-state index is 12.7. The number of carbonyl (C=O) groups is 1. The van der Waals surface area contributed by atoms with Gasteiger partial charge in [-0.2, -0.15) is 11.8 Å². The zero-order valence-corrected chi connectivity index (χ0v) is 14.4. The van der Waals surface area contributed by atoms with Gasteiger partial charge >= 0.3 is 6.03 Å². The molecule has 7 heteroatoms. The summed E-state index contributed by atoms with van der Waals surface area (Å²) < 4.78 is 0. The van der Waals surface area contributed by atoms with Crippen LogP contribution in [-0.2, 0) is 0 Å². The standard InChI is InChI=1S/C16H19N3O2S2/c1-11(12-3-2-4-13(20)9-12)18-16(21)19-6-8-22-10-14(19)15-17-5-7-23-15/h2-5,7,9,11,14,20H,6,8,10H2,1H3,(H,18,21)/t11-,14-/m1/s1. The van der Waals surface area contributed by atoms with Crippen molar-refractivity contribution in [2.45, 2.75) is 19.0 Å². The highest BCUT2D eigenvalue weighted by Gasteiger charge is 2.30. The number of rotatable bonds is 3. The summed E-state index contributed by atoms with van der Waals surface area (Å²) >= 11 is 3.44. The molecule has 23 heavy (non-hydrogen) atoms. The van der Waals surface area contributed by atoms with Crippen molar-refractivity contribution in [2.24, 2.45) is 0 Å². The summed E-state index contributed by atoms with van der Waals surface area (Å²) in [6, 6.07) is 6.76. The van der Waals surface area contributed by atoms with Gasteiger partial charge in [0.15, 0.2) is 0 Å². The molecule has 5 nitrogen and oxygen atoms in total. The molecule has 3 rings (SSSR count). The number of aromatic nitrogens is 1. The van der Waals surface area contributed by atoms with E-state index < -0.39 is 0 Å². The molecule has 2 amide bonds. The smallest absolute Gasteiger partial charge is 0.318 e. The van der Waals surface area contributed by atoms with Gasteiger partial charge in [-0.25, -0.2) is 9.78 Å². The van der Waals surface area contributed by atoms with Gasteiger partial charge in [0.1, 0.15) is 10.8 Å². The highest BCUT2D eigenvalue weighted by molar-refractivity contribution is 7.99. The Bertz CT molecular complexity index is 663. The average molecular weight is 349 g/mol. The monoisotopic (exact) mass is 349 g/mol. The van der Waals surface area contributed by atoms with E-state index in [1.807, 2.05) is 35.0 Å². The number of carbonyl (C=O) groups excluding carboxylic acids is 1. The van der Waals surface area contributed by atoms with Crippen molar-refractivity contribution in [2.75, 3.05) is 18.1 Å². The van der Waals surface area contributed by atoms with Crippen molar-refractivity contribution < 1.29 is 9.90 Å². The third-order valence-corrected chi connectivity index (χ3v) is 5.74. The van der Waals surface area contributed by atoms with Crippen molar-refractivity contribution in [3.8, 4) is 5.75 Å². The van der Waals surface area contributed by atoms with Crippen LogP contribution in [0.2, 0.25) is 0 Å². The van der Waals surface area contributed by atoms with Crippen LogP contribution in [0.15, 0.2) is 35.8 Å². The summed E-state index contributed by atoms with van der Waals surface area (Å²) in [5, 5.41) is 15.5. The van der Waals surface area contributed by atoms with E-state index >= 15 is 0 Å². The van der Waals surface area contributed by atoms with Gasteiger partial charge in [-0.05, 0) is 24.6 Å². The molecule has 1 aromatic heterocycles. The lowest BCUT2D eigenvalue weighted by Crippen LogP contribution is -2.46. The number of hydrogen-bond donors (Lipinski definition) is 2. The van der Waals surface area contributed by atoms with E-state index in [0.29, 0.717) is 6.54 Å². The Morgan fingerprint density at radius 2 is 2.39 bits per heavy atom. The Labute approximate surface area is 143 Å². The van der Waals surface area contributed by atoms with Crippen LogP contribution in [-0.4, -0.2) is 39.1 Å². The maximum Gasteiger partial charge on any atom is 0.318 e. The first-order valence-electron chi connectivity index (χ1n) is 7.48. The third-order valence-electron chi connectivity index (χ3n) is 3.84. The molecule has 2 atom stereocenters. The zero-order chi connectivity index (χ0) is 16.2. The predicted molar refractivity (Wildman–Crippen MR) is 93.9 cm³/mol. The van der Waals surface area contributed by atoms with Gasteiger partial charge in [0, 0.05) is 29.6 Å². The molecule has 0 radical (unpaired) electrons. The Morgan fingerprint density at radius 3 is 3.13 bits per heavy atom. The number of thioether (sulfide) groups is 1. The first-order chi connectivity index (χ1) is 11.1. The van der Waals surface area contributed by atoms with Crippen LogP contribution < -0.4 is 5.32 Å². The molecule has 2 heterocycles. The van der Waals surface area contributed by atoms with Crippen LogP contribution in [0.3, 0.4) is 0 Å². The SMILES string of the molecule is C[C@@H](NC(=O)N1CCSC[C@@H]1c1nccs1)c1cccc(O)c1. The molecule has 0 bridgehead atoms. The second kappa shape index (κ2) is 7.23. The van der Waals surface area contributed by atoms with Gasteiger partial charge in [-0.1, -0.05) is 12.1 Å². The number of nitrogens with one attached hydrogen (secondary N) is 1. The maximum atomic E-state index is 12.7. The second-order valence-electron chi connectivity index (χ2n) is 5.42. The van der Waals surface area contributed by atoms with Gasteiger partial charge in [-0.15, -0.1) is 11.3 Å². The molecule has 0 aliphatic carbocycles. The number of aromatic hydroxyl groups is 1. The molecule has 2 N–H and O–H groups in total. The summed E-state index contributed by atoms with van der Waals surface area (Å²) in [6.45, 7) is 2.64. The predicted octanol–water partition coefficient (Wildman–Crippen LogP) is 3.41. The number of urea groups is 1. The van der Waals surface area contributed by atoms with Gasteiger partial charge in [-0.3, -0.25) is 0 Å². The first kappa shape index (κ1) is 16.1. The highest BCUT2D eigenvalue weighted by Crippen LogP contribution is 2.31. The Kier molecular flexibility index (Phi) is 5.07. The topological polar surface area (TPSA) is 65.5 Å². The molecule has 122 valence electrons. The van der Waals surface area contributed by atoms with Crippen molar-refractivity contribution in [1.29, 1.82) is 0 Å². The number of amides is 2. The highest BCUT2D eigenvalue weighted by atomic mass is 32.2. The third kappa shape index (κ3) is 3.79. The van der Waals surface area contributed by atoms with Crippen molar-refractivity contribution in [1.82, 2.24) is 15.2 Å². The van der Waals surface area contributed by atoms with Gasteiger partial charge < -0.3 is 15.3 Å². The largest absolute Gasteiger partial charge is 0.508 e. The fourth-order valence-electron chi connectivity index (χ4n) is 2.60. The fraction of sp³-hybridized carbons (Fsp3) is 0.375. The lowest BCUT2D eigenvalue weighted by atomic mass is 10.1. The normalized spacial score (nSPS) is 19.3. The van der Waals surface area contributed by atoms with Crippen molar-refractivity contribution >= 4 is 29.1 Å². The minimum Gasteiger partial charge on any atom is -0.508 e. The van der Waals surface area contributed by atoms with Crippen molar-refractivity contribution in [3.05, 3.63) is 46.4 Å². The van der Waals surface area contributed by atoms with Crippen molar-refractivity contribution in [3.63, 3.8) is 0 Å². The van der Waals surface area contributed by atoms with E-state index in [1.54, 1.807) is 35.7 Å². The number of phenols is 1. The van der Waals surface area contributed by atoms with E-state index in [9.17, 15) is 9.90 Å². The minimum atomic E-state index is -0.166. The fourth-order valence-corrected chi connectivity index (χ4v) is 4.51. The molecule has 0 spiro atoms. The molecule has 1 aromatic carbocycles. The van der Waals surface area contributed by atoms with E-state index in [-0.39, 0.29) is 23.9 Å². The van der Waals surface area contributed by atoms with E-state index in [0.717, 1.165) is 22.1 Å². The Morgan fingerprint density at radius 1 is 1.52 bits per heavy atom. The summed E-state index contributed by atoms with van der Waals surface area (Å²) in [5.41, 5.74) is 0.885. The van der Waals surface area contributed by atoms with Crippen LogP contribution >= 0.6 is 23.1 Å². The molecule has 1 fully saturated rings. The molecular weight excluding hydrogens is 330 g/mol. The molecule has 0 unspecified atom stereocenters. The summed E-state index contributed by atoms with van der Waals surface area (Å²) in [5.74, 6) is 2.02. The zero-order valence-electron chi connectivity index (χ0n) is 12.8. The summed E-state index contributed by atoms with van der Waals surface area (Å²) in [6.07, 6.45) is 1.78. The molecule has 1 aliphatic heterocycles. The lowest BCUT2D eigenvalue weighted by Gasteiger charge is -2.35. The van der Waals surface area contributed by atoms with E-state index in [2.05, 4.69) is 10.3 Å². The van der Waals surface area contributed by atoms with Crippen LogP contribution in [0.4, 0.5) is 4.79 Å². The summed E-state index contributed by atoms with van der Waals surface area (Å²) in [7, 11) is 0. The van der Waals surface area contributed by atoms with Crippen LogP contribution in [0.5, 0.6) is 5.75 Å². The van der Waals surface area contributed by atoms with Crippen LogP contribution in [0, 0.1) is 0 Å². The minimum absolute atomic E-state index is 0.0325. The van der Waals surface area contributed by atoms with E-state index in [1.165, 1.54) is 0 Å². The second-order valence-corrected chi connectivity index (χ2v) is 7.50. The Hall–Kier alpha value is -1.73. The van der Waals surface area contributed by atoms with Crippen LogP contribution in [0.1, 0.15) is 29.6 Å². The number of phenolic OH excluding ortho intramolecular Hbond substituents is 1. The molecule has 2 aromatic rings. The molecule has 1 saturated heterocycles. The van der Waals surface area contributed by atoms with Crippen LogP contribution in [0.25, 0.3) is 0 Å². The van der Waals surface area contributed by atoms with Gasteiger partial charge in [0.25, 0.3) is 0 Å².